The smallest absolute Gasteiger partial charge is 0.191 e. The van der Waals surface area contributed by atoms with Gasteiger partial charge in [0.1, 0.15) is 5.82 Å². The van der Waals surface area contributed by atoms with Crippen LogP contribution in [-0.2, 0) is 13.1 Å². The summed E-state index contributed by atoms with van der Waals surface area (Å²) in [6, 6.07) is 18.7. The number of hydrogen-bond acceptors (Lipinski definition) is 3. The fraction of sp³-hybridized carbons (Fsp3) is 0.417. The highest BCUT2D eigenvalue weighted by molar-refractivity contribution is 14.0. The highest BCUT2D eigenvalue weighted by atomic mass is 127. The van der Waals surface area contributed by atoms with E-state index in [0.717, 1.165) is 19.4 Å². The zero-order chi connectivity index (χ0) is 20.9. The molecule has 2 aliphatic rings. The fourth-order valence-electron chi connectivity index (χ4n) is 4.79. The molecule has 0 aromatic heterocycles. The van der Waals surface area contributed by atoms with Crippen molar-refractivity contribution in [2.75, 3.05) is 7.05 Å². The van der Waals surface area contributed by atoms with Crippen LogP contribution in [0.2, 0.25) is 0 Å². The van der Waals surface area contributed by atoms with Gasteiger partial charge >= 0.3 is 0 Å². The average Bonchev–Trinajstić information content (AvgIpc) is 3.00. The van der Waals surface area contributed by atoms with Gasteiger partial charge in [0.2, 0.25) is 0 Å². The van der Waals surface area contributed by atoms with Gasteiger partial charge < -0.3 is 10.6 Å². The van der Waals surface area contributed by atoms with Gasteiger partial charge in [-0.2, -0.15) is 5.26 Å². The number of nitriles is 1. The Balaban J connectivity index is 0.00000272. The Hall–Kier alpha value is -2.18. The Bertz CT molecular complexity index is 929. The van der Waals surface area contributed by atoms with E-state index in [4.69, 9.17) is 5.26 Å². The topological polar surface area (TPSA) is 63.5 Å². The number of piperidine rings is 1. The Morgan fingerprint density at radius 2 is 1.87 bits per heavy atom. The lowest BCUT2D eigenvalue weighted by atomic mass is 9.96. The third-order valence-electron chi connectivity index (χ3n) is 6.28. The van der Waals surface area contributed by atoms with Crippen molar-refractivity contribution < 1.29 is 4.39 Å². The summed E-state index contributed by atoms with van der Waals surface area (Å²) in [6.45, 7) is 1.31. The van der Waals surface area contributed by atoms with Crippen LogP contribution in [0.4, 0.5) is 4.39 Å². The first kappa shape index (κ1) is 23.5. The molecule has 31 heavy (non-hydrogen) atoms. The van der Waals surface area contributed by atoms with E-state index < -0.39 is 0 Å². The van der Waals surface area contributed by atoms with Gasteiger partial charge in [-0.05, 0) is 49.4 Å². The SMILES string of the molecule is CN=C(NCc1cc(C#N)ccc1F)NC1CC2CCC(C1)N2Cc1ccccc1.I. The zero-order valence-electron chi connectivity index (χ0n) is 17.7. The second kappa shape index (κ2) is 10.9. The van der Waals surface area contributed by atoms with Crippen molar-refractivity contribution >= 4 is 29.9 Å². The maximum Gasteiger partial charge on any atom is 0.191 e. The second-order valence-corrected chi connectivity index (χ2v) is 8.20. The van der Waals surface area contributed by atoms with Crippen molar-refractivity contribution in [3.8, 4) is 6.07 Å². The average molecular weight is 533 g/mol. The minimum Gasteiger partial charge on any atom is -0.354 e. The molecule has 4 rings (SSSR count). The number of hydrogen-bond donors (Lipinski definition) is 2. The number of halogens is 2. The highest BCUT2D eigenvalue weighted by Gasteiger charge is 2.40. The lowest BCUT2D eigenvalue weighted by Crippen LogP contribution is -2.52. The van der Waals surface area contributed by atoms with Gasteiger partial charge in [0.05, 0.1) is 11.6 Å². The van der Waals surface area contributed by atoms with Crippen LogP contribution in [0.1, 0.15) is 42.4 Å². The number of fused-ring (bicyclic) bond motifs is 2. The standard InChI is InChI=1S/C24H28FN5.HI/c1-27-24(28-15-19-11-18(14-26)7-10-23(19)25)29-20-12-21-8-9-22(13-20)30(21)16-17-5-3-2-4-6-17;/h2-7,10-11,20-22H,8-9,12-13,15-16H2,1H3,(H2,27,28,29);1H. The minimum atomic E-state index is -0.316. The molecule has 0 amide bonds. The van der Waals surface area contributed by atoms with E-state index in [1.807, 2.05) is 0 Å². The van der Waals surface area contributed by atoms with E-state index in [1.54, 1.807) is 13.1 Å². The summed E-state index contributed by atoms with van der Waals surface area (Å²) < 4.78 is 14.0. The predicted octanol–water partition coefficient (Wildman–Crippen LogP) is 4.18. The van der Waals surface area contributed by atoms with Crippen molar-refractivity contribution in [1.29, 1.82) is 5.26 Å². The van der Waals surface area contributed by atoms with Gasteiger partial charge in [0.15, 0.2) is 5.96 Å². The molecule has 0 radical (unpaired) electrons. The van der Waals surface area contributed by atoms with Crippen LogP contribution in [-0.4, -0.2) is 36.0 Å². The molecule has 5 nitrogen and oxygen atoms in total. The minimum absolute atomic E-state index is 0. The first-order valence-electron chi connectivity index (χ1n) is 10.6. The van der Waals surface area contributed by atoms with Crippen molar-refractivity contribution in [1.82, 2.24) is 15.5 Å². The quantitative estimate of drug-likeness (QED) is 0.344. The number of nitrogens with one attached hydrogen (secondary N) is 2. The van der Waals surface area contributed by atoms with Gasteiger partial charge in [0.25, 0.3) is 0 Å². The Morgan fingerprint density at radius 3 is 2.52 bits per heavy atom. The number of aliphatic imine (C=N–C) groups is 1. The summed E-state index contributed by atoms with van der Waals surface area (Å²) in [5, 5.41) is 15.8. The second-order valence-electron chi connectivity index (χ2n) is 8.20. The van der Waals surface area contributed by atoms with Crippen molar-refractivity contribution in [2.45, 2.75) is 56.9 Å². The van der Waals surface area contributed by atoms with Crippen LogP contribution in [0.5, 0.6) is 0 Å². The van der Waals surface area contributed by atoms with E-state index in [2.05, 4.69) is 56.9 Å². The van der Waals surface area contributed by atoms with E-state index in [9.17, 15) is 4.39 Å². The molecular weight excluding hydrogens is 504 g/mol. The van der Waals surface area contributed by atoms with Crippen LogP contribution in [0.25, 0.3) is 0 Å². The number of benzene rings is 2. The first-order valence-corrected chi connectivity index (χ1v) is 10.6. The number of nitrogens with zero attached hydrogens (tertiary/aromatic N) is 3. The number of rotatable bonds is 5. The van der Waals surface area contributed by atoms with Crippen molar-refractivity contribution in [3.05, 3.63) is 71.0 Å². The molecule has 2 fully saturated rings. The molecule has 2 atom stereocenters. The van der Waals surface area contributed by atoms with Gasteiger partial charge in [0, 0.05) is 43.8 Å². The van der Waals surface area contributed by atoms with Crippen molar-refractivity contribution in [3.63, 3.8) is 0 Å². The van der Waals surface area contributed by atoms with E-state index in [0.29, 0.717) is 41.8 Å². The summed E-state index contributed by atoms with van der Waals surface area (Å²) in [7, 11) is 1.73. The Morgan fingerprint density at radius 1 is 1.16 bits per heavy atom. The van der Waals surface area contributed by atoms with Gasteiger partial charge in [-0.25, -0.2) is 4.39 Å². The van der Waals surface area contributed by atoms with Crippen LogP contribution < -0.4 is 10.6 Å². The largest absolute Gasteiger partial charge is 0.354 e. The van der Waals surface area contributed by atoms with E-state index in [1.165, 1.54) is 30.5 Å². The Labute approximate surface area is 200 Å². The summed E-state index contributed by atoms with van der Waals surface area (Å²) in [4.78, 5) is 6.98. The molecule has 2 aromatic carbocycles. The number of guanidine groups is 1. The van der Waals surface area contributed by atoms with E-state index >= 15 is 0 Å². The molecule has 0 aliphatic carbocycles. The van der Waals surface area contributed by atoms with Gasteiger partial charge in [-0.15, -0.1) is 24.0 Å². The van der Waals surface area contributed by atoms with E-state index in [-0.39, 0.29) is 29.8 Å². The predicted molar refractivity (Wildman–Crippen MR) is 132 cm³/mol. The lowest BCUT2D eigenvalue weighted by Gasteiger charge is -2.39. The molecule has 0 saturated carbocycles. The fourth-order valence-corrected chi connectivity index (χ4v) is 4.79. The normalized spacial score (nSPS) is 23.0. The molecule has 2 N–H and O–H groups in total. The Kier molecular flexibility index (Phi) is 8.27. The van der Waals surface area contributed by atoms with Crippen LogP contribution >= 0.6 is 24.0 Å². The van der Waals surface area contributed by atoms with Crippen LogP contribution in [0, 0.1) is 17.1 Å². The lowest BCUT2D eigenvalue weighted by molar-refractivity contribution is 0.114. The zero-order valence-corrected chi connectivity index (χ0v) is 20.1. The van der Waals surface area contributed by atoms with Gasteiger partial charge in [-0.1, -0.05) is 30.3 Å². The maximum atomic E-state index is 14.0. The summed E-state index contributed by atoms with van der Waals surface area (Å²) in [6.07, 6.45) is 4.66. The van der Waals surface area contributed by atoms with Gasteiger partial charge in [-0.3, -0.25) is 9.89 Å². The molecule has 2 bridgehead atoms. The molecular formula is C24H29FIN5. The molecule has 164 valence electrons. The molecule has 2 heterocycles. The molecule has 2 unspecified atom stereocenters. The summed E-state index contributed by atoms with van der Waals surface area (Å²) in [5.74, 6) is 0.363. The van der Waals surface area contributed by atoms with Crippen LogP contribution in [0.15, 0.2) is 53.5 Å². The molecule has 2 saturated heterocycles. The maximum absolute atomic E-state index is 14.0. The van der Waals surface area contributed by atoms with Crippen LogP contribution in [0.3, 0.4) is 0 Å². The first-order chi connectivity index (χ1) is 14.7. The summed E-state index contributed by atoms with van der Waals surface area (Å²) >= 11 is 0. The third-order valence-corrected chi connectivity index (χ3v) is 6.28. The highest BCUT2D eigenvalue weighted by Crippen LogP contribution is 2.36. The monoisotopic (exact) mass is 533 g/mol. The summed E-state index contributed by atoms with van der Waals surface area (Å²) in [5.41, 5.74) is 2.30. The molecule has 2 aliphatic heterocycles. The third kappa shape index (κ3) is 5.74. The molecule has 0 spiro atoms. The molecule has 2 aromatic rings. The van der Waals surface area contributed by atoms with Crippen molar-refractivity contribution in [2.24, 2.45) is 4.99 Å². The molecule has 7 heteroatoms.